The lowest BCUT2D eigenvalue weighted by Crippen LogP contribution is -2.37. The summed E-state index contributed by atoms with van der Waals surface area (Å²) in [4.78, 5) is 2.20. The monoisotopic (exact) mass is 317 g/mol. The molecule has 23 heavy (non-hydrogen) atoms. The van der Waals surface area contributed by atoms with Crippen LogP contribution in [0.1, 0.15) is 25.2 Å². The number of hydrogen-bond acceptors (Lipinski definition) is 4. The summed E-state index contributed by atoms with van der Waals surface area (Å²) in [6, 6.07) is 11.7. The lowest BCUT2D eigenvalue weighted by Gasteiger charge is -2.26. The fourth-order valence-corrected chi connectivity index (χ4v) is 2.60. The van der Waals surface area contributed by atoms with Crippen LogP contribution < -0.4 is 4.74 Å². The number of rotatable bonds is 9. The van der Waals surface area contributed by atoms with E-state index in [4.69, 9.17) is 9.15 Å². The van der Waals surface area contributed by atoms with Crippen LogP contribution in [0.4, 0.5) is 0 Å². The maximum absolute atomic E-state index is 10.3. The Bertz CT molecular complexity index is 566. The number of hydrogen-bond donors (Lipinski definition) is 1. The third-order valence-corrected chi connectivity index (χ3v) is 3.58. The summed E-state index contributed by atoms with van der Waals surface area (Å²) in [6.45, 7) is 8.80. The molecule has 1 aromatic carbocycles. The third kappa shape index (κ3) is 6.08. The van der Waals surface area contributed by atoms with E-state index in [1.807, 2.05) is 43.3 Å². The minimum Gasteiger partial charge on any atom is -0.491 e. The Kier molecular flexibility index (Phi) is 6.68. The van der Waals surface area contributed by atoms with Crippen LogP contribution in [0.3, 0.4) is 0 Å². The first kappa shape index (κ1) is 17.6. The zero-order valence-electron chi connectivity index (χ0n) is 14.2. The third-order valence-electron chi connectivity index (χ3n) is 3.58. The molecule has 0 saturated heterocycles. The summed E-state index contributed by atoms with van der Waals surface area (Å²) in [5.74, 6) is 2.26. The van der Waals surface area contributed by atoms with E-state index in [9.17, 15) is 5.11 Å². The van der Waals surface area contributed by atoms with E-state index in [-0.39, 0.29) is 6.61 Å². The maximum Gasteiger partial charge on any atom is 0.122 e. The van der Waals surface area contributed by atoms with Crippen LogP contribution in [0.15, 0.2) is 47.1 Å². The van der Waals surface area contributed by atoms with E-state index in [2.05, 4.69) is 18.7 Å². The molecule has 2 aromatic rings. The highest BCUT2D eigenvalue weighted by Crippen LogP contribution is 2.16. The molecule has 1 atom stereocenters. The molecule has 126 valence electrons. The zero-order chi connectivity index (χ0) is 16.7. The Balaban J connectivity index is 1.86. The number of aliphatic hydroxyl groups excluding tert-OH is 1. The van der Waals surface area contributed by atoms with Gasteiger partial charge in [0.15, 0.2) is 0 Å². The molecule has 1 aromatic heterocycles. The molecular formula is C19H27NO3. The van der Waals surface area contributed by atoms with Crippen molar-refractivity contribution >= 4 is 0 Å². The number of aryl methyl sites for hydroxylation is 1. The minimum absolute atomic E-state index is 0.289. The van der Waals surface area contributed by atoms with Gasteiger partial charge in [-0.3, -0.25) is 4.90 Å². The van der Waals surface area contributed by atoms with Gasteiger partial charge in [0.2, 0.25) is 0 Å². The topological polar surface area (TPSA) is 45.8 Å². The van der Waals surface area contributed by atoms with Gasteiger partial charge in [0.1, 0.15) is 24.2 Å². The number of para-hydroxylation sites is 1. The molecule has 0 aliphatic heterocycles. The Hall–Kier alpha value is -1.78. The highest BCUT2D eigenvalue weighted by Gasteiger charge is 2.15. The number of benzene rings is 1. The average Bonchev–Trinajstić information content (AvgIpc) is 2.98. The molecular weight excluding hydrogens is 290 g/mol. The first-order chi connectivity index (χ1) is 11.0. The van der Waals surface area contributed by atoms with Crippen LogP contribution in [0.25, 0.3) is 0 Å². The highest BCUT2D eigenvalue weighted by molar-refractivity contribution is 5.31. The number of aliphatic hydroxyl groups is 1. The minimum atomic E-state index is -0.539. The molecule has 0 spiro atoms. The molecule has 0 amide bonds. The predicted octanol–water partition coefficient (Wildman–Crippen LogP) is 3.49. The van der Waals surface area contributed by atoms with Crippen LogP contribution in [0, 0.1) is 12.8 Å². The lowest BCUT2D eigenvalue weighted by molar-refractivity contribution is 0.0589. The van der Waals surface area contributed by atoms with Gasteiger partial charge < -0.3 is 14.3 Å². The van der Waals surface area contributed by atoms with Crippen LogP contribution >= 0.6 is 0 Å². The molecule has 1 N–H and O–H groups in total. The second-order valence-corrected chi connectivity index (χ2v) is 6.40. The molecule has 0 saturated carbocycles. The van der Waals surface area contributed by atoms with Crippen molar-refractivity contribution in [3.8, 4) is 5.75 Å². The van der Waals surface area contributed by atoms with Crippen molar-refractivity contribution in [2.24, 2.45) is 5.92 Å². The lowest BCUT2D eigenvalue weighted by atomic mass is 10.2. The average molecular weight is 317 g/mol. The fraction of sp³-hybridized carbons (Fsp3) is 0.474. The van der Waals surface area contributed by atoms with Gasteiger partial charge in [0, 0.05) is 13.1 Å². The smallest absolute Gasteiger partial charge is 0.122 e. The molecule has 4 nitrogen and oxygen atoms in total. The molecule has 2 rings (SSSR count). The maximum atomic E-state index is 10.3. The summed E-state index contributed by atoms with van der Waals surface area (Å²) < 4.78 is 11.2. The van der Waals surface area contributed by atoms with E-state index < -0.39 is 6.10 Å². The fourth-order valence-electron chi connectivity index (χ4n) is 2.60. The Morgan fingerprint density at radius 3 is 2.57 bits per heavy atom. The molecule has 4 heteroatoms. The van der Waals surface area contributed by atoms with Gasteiger partial charge in [0.25, 0.3) is 0 Å². The number of furan rings is 1. The van der Waals surface area contributed by atoms with E-state index in [0.29, 0.717) is 19.0 Å². The first-order valence-electron chi connectivity index (χ1n) is 8.16. The van der Waals surface area contributed by atoms with Crippen molar-refractivity contribution in [3.63, 3.8) is 0 Å². The van der Waals surface area contributed by atoms with Crippen molar-refractivity contribution in [2.45, 2.75) is 33.4 Å². The van der Waals surface area contributed by atoms with Gasteiger partial charge in [-0.1, -0.05) is 32.0 Å². The Morgan fingerprint density at radius 1 is 1.13 bits per heavy atom. The van der Waals surface area contributed by atoms with Crippen molar-refractivity contribution in [1.82, 2.24) is 4.90 Å². The van der Waals surface area contributed by atoms with Gasteiger partial charge >= 0.3 is 0 Å². The van der Waals surface area contributed by atoms with Gasteiger partial charge in [-0.05, 0) is 36.6 Å². The summed E-state index contributed by atoms with van der Waals surface area (Å²) >= 11 is 0. The van der Waals surface area contributed by atoms with E-state index in [1.54, 1.807) is 6.26 Å². The molecule has 0 radical (unpaired) electrons. The molecule has 0 unspecified atom stereocenters. The highest BCUT2D eigenvalue weighted by atomic mass is 16.5. The quantitative estimate of drug-likeness (QED) is 0.769. The SMILES string of the molecule is Cc1ccccc1OC[C@@H](O)CN(Cc1ccco1)CC(C)C. The summed E-state index contributed by atoms with van der Waals surface area (Å²) in [7, 11) is 0. The second kappa shape index (κ2) is 8.75. The molecule has 0 bridgehead atoms. The summed E-state index contributed by atoms with van der Waals surface area (Å²) in [5.41, 5.74) is 1.08. The molecule has 0 aliphatic carbocycles. The Morgan fingerprint density at radius 2 is 1.91 bits per heavy atom. The van der Waals surface area contributed by atoms with Gasteiger partial charge in [-0.15, -0.1) is 0 Å². The standard InChI is InChI=1S/C19H27NO3/c1-15(2)11-20(13-18-8-6-10-22-18)12-17(21)14-23-19-9-5-4-7-16(19)3/h4-10,15,17,21H,11-14H2,1-3H3/t17-/m0/s1. The van der Waals surface area contributed by atoms with Gasteiger partial charge in [-0.25, -0.2) is 0 Å². The first-order valence-corrected chi connectivity index (χ1v) is 8.16. The van der Waals surface area contributed by atoms with Crippen molar-refractivity contribution in [2.75, 3.05) is 19.7 Å². The predicted molar refractivity (Wildman–Crippen MR) is 91.5 cm³/mol. The zero-order valence-corrected chi connectivity index (χ0v) is 14.2. The van der Waals surface area contributed by atoms with Crippen LogP contribution in [0.5, 0.6) is 5.75 Å². The largest absolute Gasteiger partial charge is 0.491 e. The van der Waals surface area contributed by atoms with Crippen LogP contribution in [0.2, 0.25) is 0 Å². The molecule has 1 heterocycles. The molecule has 0 aliphatic rings. The van der Waals surface area contributed by atoms with E-state index >= 15 is 0 Å². The van der Waals surface area contributed by atoms with E-state index in [1.165, 1.54) is 0 Å². The van der Waals surface area contributed by atoms with Crippen LogP contribution in [-0.4, -0.2) is 35.8 Å². The second-order valence-electron chi connectivity index (χ2n) is 6.40. The van der Waals surface area contributed by atoms with E-state index in [0.717, 1.165) is 23.6 Å². The summed E-state index contributed by atoms with van der Waals surface area (Å²) in [5, 5.41) is 10.3. The molecule has 0 fully saturated rings. The van der Waals surface area contributed by atoms with Crippen molar-refractivity contribution < 1.29 is 14.3 Å². The Labute approximate surface area is 138 Å². The number of nitrogens with zero attached hydrogens (tertiary/aromatic N) is 1. The van der Waals surface area contributed by atoms with Gasteiger partial charge in [-0.2, -0.15) is 0 Å². The summed E-state index contributed by atoms with van der Waals surface area (Å²) in [6.07, 6.45) is 1.14. The normalized spacial score (nSPS) is 12.8. The van der Waals surface area contributed by atoms with Crippen LogP contribution in [-0.2, 0) is 6.54 Å². The van der Waals surface area contributed by atoms with Crippen molar-refractivity contribution in [3.05, 3.63) is 54.0 Å². The number of ether oxygens (including phenoxy) is 1. The van der Waals surface area contributed by atoms with Crippen molar-refractivity contribution in [1.29, 1.82) is 0 Å². The van der Waals surface area contributed by atoms with Gasteiger partial charge in [0.05, 0.1) is 12.8 Å².